The average molecular weight is 705 g/mol. The average Bonchev–Trinajstić information content (AvgIpc) is 3.54. The third-order valence-corrected chi connectivity index (χ3v) is 9.49. The topological polar surface area (TPSA) is 133 Å². The monoisotopic (exact) mass is 704 g/mol. The van der Waals surface area contributed by atoms with Gasteiger partial charge in [-0.3, -0.25) is 14.6 Å². The summed E-state index contributed by atoms with van der Waals surface area (Å²) in [7, 11) is 1.50. The van der Waals surface area contributed by atoms with Gasteiger partial charge in [-0.1, -0.05) is 29.8 Å². The van der Waals surface area contributed by atoms with Gasteiger partial charge in [-0.2, -0.15) is 0 Å². The molecule has 0 aliphatic carbocycles. The minimum absolute atomic E-state index is 0.00322. The fourth-order valence-electron chi connectivity index (χ4n) is 6.27. The van der Waals surface area contributed by atoms with Gasteiger partial charge in [-0.25, -0.2) is 18.7 Å². The van der Waals surface area contributed by atoms with Crippen molar-refractivity contribution in [3.63, 3.8) is 0 Å². The summed E-state index contributed by atoms with van der Waals surface area (Å²) in [5.74, 6) is -0.708. The Hall–Kier alpha value is -4.72. The van der Waals surface area contributed by atoms with Crippen molar-refractivity contribution in [2.75, 3.05) is 32.1 Å². The molecule has 2 aliphatic rings. The molecular formula is C36H39ClF2N8O3. The third-order valence-electron chi connectivity index (χ3n) is 9.09. The first kappa shape index (κ1) is 35.1. The van der Waals surface area contributed by atoms with E-state index in [1.165, 1.54) is 25.6 Å². The quantitative estimate of drug-likeness (QED) is 0.154. The number of carbonyl (C=O) groups excluding carboxylic acids is 2. The van der Waals surface area contributed by atoms with Gasteiger partial charge < -0.3 is 30.9 Å². The van der Waals surface area contributed by atoms with Crippen LogP contribution in [0.15, 0.2) is 54.9 Å². The lowest BCUT2D eigenvalue weighted by atomic mass is 10.0. The van der Waals surface area contributed by atoms with Crippen LogP contribution in [0.5, 0.6) is 5.88 Å². The lowest BCUT2D eigenvalue weighted by Crippen LogP contribution is -2.44. The van der Waals surface area contributed by atoms with Crippen molar-refractivity contribution in [2.24, 2.45) is 0 Å². The van der Waals surface area contributed by atoms with E-state index in [0.29, 0.717) is 67.5 Å². The van der Waals surface area contributed by atoms with Crippen LogP contribution in [0.1, 0.15) is 43.7 Å². The molecule has 11 nitrogen and oxygen atoms in total. The van der Waals surface area contributed by atoms with Crippen molar-refractivity contribution in [3.05, 3.63) is 82.6 Å². The number of methoxy groups -OCH3 is 1. The maximum atomic E-state index is 16.2. The van der Waals surface area contributed by atoms with Crippen molar-refractivity contribution in [1.29, 1.82) is 0 Å². The first-order valence-corrected chi connectivity index (χ1v) is 17.0. The highest BCUT2D eigenvalue weighted by Gasteiger charge is 2.23. The van der Waals surface area contributed by atoms with Crippen molar-refractivity contribution in [3.8, 4) is 28.4 Å². The van der Waals surface area contributed by atoms with Crippen molar-refractivity contribution in [1.82, 2.24) is 35.8 Å². The summed E-state index contributed by atoms with van der Waals surface area (Å²) in [6, 6.07) is 11.9. The third kappa shape index (κ3) is 8.01. The van der Waals surface area contributed by atoms with E-state index < -0.39 is 11.6 Å². The number of benzene rings is 1. The van der Waals surface area contributed by atoms with Gasteiger partial charge in [-0.05, 0) is 43.5 Å². The number of piperidine rings is 1. The summed E-state index contributed by atoms with van der Waals surface area (Å²) in [6.07, 6.45) is 5.90. The Morgan fingerprint density at radius 2 is 1.80 bits per heavy atom. The van der Waals surface area contributed by atoms with Crippen LogP contribution in [0.4, 0.5) is 20.3 Å². The van der Waals surface area contributed by atoms with Crippen molar-refractivity contribution < 1.29 is 23.1 Å². The number of nitrogens with one attached hydrogen (secondary N) is 4. The van der Waals surface area contributed by atoms with Crippen LogP contribution in [0.2, 0.25) is 5.02 Å². The van der Waals surface area contributed by atoms with E-state index in [-0.39, 0.29) is 46.0 Å². The summed E-state index contributed by atoms with van der Waals surface area (Å²) in [5.41, 5.74) is 2.40. The van der Waals surface area contributed by atoms with Gasteiger partial charge in [0.15, 0.2) is 17.5 Å². The highest BCUT2D eigenvalue weighted by molar-refractivity contribution is 6.36. The Morgan fingerprint density at radius 1 is 1.00 bits per heavy atom. The van der Waals surface area contributed by atoms with E-state index in [1.54, 1.807) is 37.3 Å². The van der Waals surface area contributed by atoms with Gasteiger partial charge in [0.25, 0.3) is 0 Å². The molecular weight excluding hydrogens is 666 g/mol. The Labute approximate surface area is 294 Å². The van der Waals surface area contributed by atoms with E-state index in [1.807, 2.05) is 11.0 Å². The molecule has 0 unspecified atom stereocenters. The molecule has 1 atom stereocenters. The van der Waals surface area contributed by atoms with Gasteiger partial charge in [0, 0.05) is 92.8 Å². The zero-order valence-corrected chi connectivity index (χ0v) is 28.6. The fraction of sp³-hybridized carbons (Fsp3) is 0.361. The number of halogens is 3. The van der Waals surface area contributed by atoms with Crippen molar-refractivity contribution >= 4 is 34.9 Å². The van der Waals surface area contributed by atoms with Gasteiger partial charge in [0.05, 0.1) is 23.5 Å². The summed E-state index contributed by atoms with van der Waals surface area (Å²) >= 11 is 6.80. The smallest absolute Gasteiger partial charge is 0.220 e. The molecule has 2 fully saturated rings. The lowest BCUT2D eigenvalue weighted by Gasteiger charge is -2.31. The predicted octanol–water partition coefficient (Wildman–Crippen LogP) is 5.36. The molecule has 1 aromatic carbocycles. The van der Waals surface area contributed by atoms with E-state index in [2.05, 4.69) is 36.2 Å². The van der Waals surface area contributed by atoms with Crippen LogP contribution in [-0.4, -0.2) is 70.5 Å². The molecule has 5 heterocycles. The van der Waals surface area contributed by atoms with E-state index >= 15 is 8.78 Å². The number of ether oxygens (including phenoxy) is 1. The second-order valence-corrected chi connectivity index (χ2v) is 12.8. The molecule has 0 radical (unpaired) electrons. The Morgan fingerprint density at radius 3 is 2.54 bits per heavy atom. The molecule has 2 amide bonds. The fourth-order valence-corrected chi connectivity index (χ4v) is 6.53. The molecule has 6 rings (SSSR count). The van der Waals surface area contributed by atoms with Gasteiger partial charge in [0.2, 0.25) is 17.7 Å². The Kier molecular flexibility index (Phi) is 11.2. The van der Waals surface area contributed by atoms with Gasteiger partial charge >= 0.3 is 0 Å². The van der Waals surface area contributed by atoms with Gasteiger partial charge in [-0.15, -0.1) is 0 Å². The number of anilines is 2. The number of nitrogens with zero attached hydrogens (tertiary/aromatic N) is 4. The summed E-state index contributed by atoms with van der Waals surface area (Å²) in [4.78, 5) is 38.0. The number of hydrogen-bond donors (Lipinski definition) is 4. The molecule has 50 heavy (non-hydrogen) atoms. The SMILES string of the molecule is COc1nc(-c2ccnc(-c3cccc(Nc4nccc(CNC5CCN(C(C)=O)CC5)c4F)c3Cl)c2F)ccc1CNC[C@H]1CCC(=O)N1. The first-order chi connectivity index (χ1) is 24.2. The second-order valence-electron chi connectivity index (χ2n) is 12.4. The minimum atomic E-state index is -0.629. The molecule has 3 aromatic heterocycles. The Balaban J connectivity index is 1.16. The van der Waals surface area contributed by atoms with Gasteiger partial charge in [0.1, 0.15) is 5.69 Å². The maximum Gasteiger partial charge on any atom is 0.220 e. The summed E-state index contributed by atoms with van der Waals surface area (Å²) in [6.45, 7) is 4.27. The molecule has 0 bridgehead atoms. The van der Waals surface area contributed by atoms with E-state index in [9.17, 15) is 9.59 Å². The van der Waals surface area contributed by atoms with Crippen LogP contribution in [0, 0.1) is 11.6 Å². The Bertz CT molecular complexity index is 1870. The molecule has 2 saturated heterocycles. The number of likely N-dealkylation sites (tertiary alicyclic amines) is 1. The zero-order valence-electron chi connectivity index (χ0n) is 27.9. The van der Waals surface area contributed by atoms with E-state index in [4.69, 9.17) is 16.3 Å². The van der Waals surface area contributed by atoms with Crippen LogP contribution in [0.3, 0.4) is 0 Å². The predicted molar refractivity (Wildman–Crippen MR) is 187 cm³/mol. The second kappa shape index (κ2) is 15.9. The lowest BCUT2D eigenvalue weighted by molar-refractivity contribution is -0.130. The number of amides is 2. The first-order valence-electron chi connectivity index (χ1n) is 16.6. The van der Waals surface area contributed by atoms with Crippen LogP contribution in [-0.2, 0) is 22.7 Å². The van der Waals surface area contributed by atoms with Crippen molar-refractivity contribution in [2.45, 2.75) is 57.8 Å². The molecule has 262 valence electrons. The van der Waals surface area contributed by atoms with Crippen LogP contribution in [0.25, 0.3) is 22.5 Å². The summed E-state index contributed by atoms with van der Waals surface area (Å²) in [5, 5.41) is 12.8. The summed E-state index contributed by atoms with van der Waals surface area (Å²) < 4.78 is 37.3. The maximum absolute atomic E-state index is 16.2. The molecule has 4 aromatic rings. The van der Waals surface area contributed by atoms with Crippen LogP contribution < -0.4 is 26.0 Å². The van der Waals surface area contributed by atoms with E-state index in [0.717, 1.165) is 24.8 Å². The number of carbonyl (C=O) groups is 2. The molecule has 0 saturated carbocycles. The highest BCUT2D eigenvalue weighted by Crippen LogP contribution is 2.38. The molecule has 2 aliphatic heterocycles. The normalized spacial score (nSPS) is 16.4. The number of rotatable bonds is 12. The highest BCUT2D eigenvalue weighted by atomic mass is 35.5. The molecule has 14 heteroatoms. The molecule has 4 N–H and O–H groups in total. The number of hydrogen-bond acceptors (Lipinski definition) is 9. The molecule has 0 spiro atoms. The van der Waals surface area contributed by atoms with Crippen LogP contribution >= 0.6 is 11.6 Å². The zero-order chi connectivity index (χ0) is 35.2. The number of pyridine rings is 3. The standard InChI is InChI=1S/C36H39ClF2N8O3/c1-21(48)47-16-12-24(13-17-47)43-19-22-10-14-42-35(32(22)38)45-29-5-3-4-27(31(29)37)34-33(39)26(11-15-41-34)28-8-6-23(36(46-28)50-2)18-40-20-25-7-9-30(49)44-25/h3-6,8,10-11,14-15,24-25,40,43H,7,9,12-13,16-20H2,1-2H3,(H,42,45)(H,44,49)/t25-/m1/s1. The number of aromatic nitrogens is 3. The largest absolute Gasteiger partial charge is 0.481 e. The minimum Gasteiger partial charge on any atom is -0.481 e.